The van der Waals surface area contributed by atoms with Gasteiger partial charge in [0.1, 0.15) is 64.8 Å². The highest BCUT2D eigenvalue weighted by Gasteiger charge is 2.50. The van der Waals surface area contributed by atoms with E-state index in [0.717, 1.165) is 44.1 Å². The molecule has 0 radical (unpaired) electrons. The van der Waals surface area contributed by atoms with Crippen molar-refractivity contribution in [1.29, 1.82) is 0 Å². The standard InChI is InChI=1S/C16H12ClF3N6O3.C8H3BrClF3N2O2.C8H10N4O.C6H4BrClN2O2.C3H5F3O/c17-7-3-8(14(29)26-11(7)13(28)25-15(26)16(18,19)20)23-9-4-10(22-5-21-9)24-12(27)6-1-2-6;9-2-1-3(10)4-5(16)14-7(8(11,12)13)15(4)6(2)17;9-6-3-7(11-4-10-6)12-8(13)5-1-2-5;7-2-1-3(8)4(5(9)11)10-6(2)12;1-2(7)3(4,5)6/h3-6,15H,1-2H2,(H,25,28)(H2,21,22,23,24,27);1,7H,(H,14,16);3-5H,1-2H2,(H3,9,10,11,12,13);1H,(H2,9,11)(H,10,12);2,7H,1H3. The monoisotopic (exact) mass is 1300 g/mol. The molecule has 0 spiro atoms. The fraction of sp³-hybridized carbons (Fsp3) is 0.317. The minimum Gasteiger partial charge on any atom is -0.384 e. The van der Waals surface area contributed by atoms with Gasteiger partial charge in [0, 0.05) is 24.0 Å². The topological polar surface area (TPSA) is 346 Å². The van der Waals surface area contributed by atoms with Crippen molar-refractivity contribution in [3.8, 4) is 0 Å². The molecule has 9 rings (SSSR count). The maximum Gasteiger partial charge on any atom is 0.427 e. The highest BCUT2D eigenvalue weighted by atomic mass is 79.9. The number of H-pyrrole nitrogens is 1. The predicted octanol–water partition coefficient (Wildman–Crippen LogP) is 6.48. The van der Waals surface area contributed by atoms with Gasteiger partial charge in [0.15, 0.2) is 0 Å². The van der Waals surface area contributed by atoms with Gasteiger partial charge >= 0.3 is 18.5 Å². The number of pyridine rings is 3. The molecule has 0 bridgehead atoms. The number of aromatic nitrogens is 7. The predicted molar refractivity (Wildman–Crippen MR) is 265 cm³/mol. The first kappa shape index (κ1) is 62.0. The number of alkyl halides is 9. The molecule has 2 aliphatic heterocycles. The van der Waals surface area contributed by atoms with Gasteiger partial charge in [0.25, 0.3) is 34.4 Å². The summed E-state index contributed by atoms with van der Waals surface area (Å²) < 4.78 is 111. The average Bonchev–Trinajstić information content (AvgIpc) is 4.29. The molecule has 3 atom stereocenters. The van der Waals surface area contributed by atoms with Crippen molar-refractivity contribution in [3.05, 3.63) is 115 Å². The summed E-state index contributed by atoms with van der Waals surface area (Å²) in [7, 11) is 0. The summed E-state index contributed by atoms with van der Waals surface area (Å²) in [6.45, 7) is 0.681. The largest absolute Gasteiger partial charge is 0.427 e. The normalized spacial score (nSPS) is 16.5. The molecule has 2 saturated carbocycles. The molecule has 0 aromatic carbocycles. The molecule has 37 heteroatoms. The first-order valence-electron chi connectivity index (χ1n) is 21.3. The molecule has 5 aromatic heterocycles. The highest BCUT2D eigenvalue weighted by Crippen LogP contribution is 2.37. The van der Waals surface area contributed by atoms with E-state index in [9.17, 15) is 77.9 Å². The first-order valence-corrected chi connectivity index (χ1v) is 24.0. The van der Waals surface area contributed by atoms with Gasteiger partial charge in [-0.05, 0) is 82.7 Å². The zero-order valence-corrected chi connectivity index (χ0v) is 44.0. The lowest BCUT2D eigenvalue weighted by molar-refractivity contribution is -0.197. The fourth-order valence-corrected chi connectivity index (χ4v) is 7.88. The van der Waals surface area contributed by atoms with Crippen LogP contribution in [0.5, 0.6) is 0 Å². The number of halogens is 14. The number of nitrogens with zero attached hydrogens (tertiary/aromatic N) is 6. The second kappa shape index (κ2) is 24.8. The molecular formula is C41H34Br2Cl3F9N14O9. The molecular weight excluding hydrogens is 1270 g/mol. The van der Waals surface area contributed by atoms with Crippen molar-refractivity contribution in [2.24, 2.45) is 17.6 Å². The average molecular weight is 1300 g/mol. The molecule has 420 valence electrons. The van der Waals surface area contributed by atoms with Crippen molar-refractivity contribution in [1.82, 2.24) is 44.7 Å². The Morgan fingerprint density at radius 3 is 1.54 bits per heavy atom. The maximum atomic E-state index is 13.2. The second-order valence-electron chi connectivity index (χ2n) is 16.1. The van der Waals surface area contributed by atoms with Crippen LogP contribution in [0.25, 0.3) is 0 Å². The zero-order valence-electron chi connectivity index (χ0n) is 38.6. The molecule has 0 saturated heterocycles. The number of nitrogens with two attached hydrogens (primary N) is 2. The van der Waals surface area contributed by atoms with Crippen molar-refractivity contribution in [2.75, 3.05) is 21.7 Å². The number of nitrogen functional groups attached to an aromatic ring is 1. The fourth-order valence-electron chi connectivity index (χ4n) is 6.05. The lowest BCUT2D eigenvalue weighted by atomic mass is 10.3. The van der Waals surface area contributed by atoms with E-state index in [1.807, 2.05) is 0 Å². The van der Waals surface area contributed by atoms with Crippen LogP contribution < -0.4 is 54.7 Å². The van der Waals surface area contributed by atoms with Gasteiger partial charge in [-0.3, -0.25) is 47.5 Å². The van der Waals surface area contributed by atoms with Crippen LogP contribution >= 0.6 is 66.7 Å². The minimum absolute atomic E-state index is 0.0260. The van der Waals surface area contributed by atoms with Crippen LogP contribution in [0.4, 0.5) is 68.5 Å². The quantitative estimate of drug-likeness (QED) is 0.0787. The number of anilines is 5. The number of amides is 5. The zero-order chi connectivity index (χ0) is 58.5. The summed E-state index contributed by atoms with van der Waals surface area (Å²) in [5.74, 6) is -1.91. The van der Waals surface area contributed by atoms with Crippen LogP contribution in [-0.4, -0.2) is 93.3 Å². The Balaban J connectivity index is 0.000000195. The van der Waals surface area contributed by atoms with E-state index in [1.165, 1.54) is 18.5 Å². The van der Waals surface area contributed by atoms with Crippen LogP contribution in [0.1, 0.15) is 76.4 Å². The van der Waals surface area contributed by atoms with Gasteiger partial charge < -0.3 is 48.1 Å². The van der Waals surface area contributed by atoms with E-state index in [1.54, 1.807) is 16.7 Å². The van der Waals surface area contributed by atoms with Crippen molar-refractivity contribution < 1.29 is 68.6 Å². The van der Waals surface area contributed by atoms with Gasteiger partial charge in [0.2, 0.25) is 24.1 Å². The molecule has 2 fully saturated rings. The molecule has 7 heterocycles. The number of carbonyl (C=O) groups is 5. The third-order valence-electron chi connectivity index (χ3n) is 10.1. The molecule has 2 aliphatic carbocycles. The minimum atomic E-state index is -4.90. The van der Waals surface area contributed by atoms with E-state index < -0.39 is 82.8 Å². The van der Waals surface area contributed by atoms with E-state index in [2.05, 4.69) is 72.7 Å². The summed E-state index contributed by atoms with van der Waals surface area (Å²) >= 11 is 22.9. The SMILES string of the molecule is CC(O)C(F)(F)F.NC(=O)c1[nH]c(=O)c(Br)cc1Cl.Nc1cc(NC(=O)C2CC2)ncn1.O=C1NC(C(F)(F)F)n2c1c(Cl)cc(Br)c2=O.O=C1NC(C(F)(F)F)n2c1c(Cl)cc(Nc1cc(NC(=O)C3CC3)ncn1)c2=O. The number of rotatable bonds is 7. The number of nitrogens with one attached hydrogen (secondary N) is 6. The van der Waals surface area contributed by atoms with Crippen molar-refractivity contribution in [2.45, 2.75) is 69.6 Å². The van der Waals surface area contributed by atoms with Crippen molar-refractivity contribution in [3.63, 3.8) is 0 Å². The number of fused-ring (bicyclic) bond motifs is 2. The number of aliphatic hydroxyl groups excluding tert-OH is 1. The van der Waals surface area contributed by atoms with E-state index in [0.29, 0.717) is 23.1 Å². The Labute approximate surface area is 460 Å². The molecule has 5 amide bonds. The molecule has 78 heavy (non-hydrogen) atoms. The molecule has 4 aliphatic rings. The number of hydrogen-bond donors (Lipinski definition) is 9. The van der Waals surface area contributed by atoms with E-state index >= 15 is 0 Å². The smallest absolute Gasteiger partial charge is 0.384 e. The number of aliphatic hydroxyl groups is 1. The van der Waals surface area contributed by atoms with E-state index in [-0.39, 0.29) is 75.2 Å². The van der Waals surface area contributed by atoms with Crippen molar-refractivity contribution >= 4 is 125 Å². The molecule has 23 nitrogen and oxygen atoms in total. The second-order valence-corrected chi connectivity index (χ2v) is 19.1. The van der Waals surface area contributed by atoms with Crippen LogP contribution in [0.15, 0.2) is 66.3 Å². The summed E-state index contributed by atoms with van der Waals surface area (Å²) in [4.78, 5) is 110. The van der Waals surface area contributed by atoms with Gasteiger partial charge in [-0.1, -0.05) is 34.8 Å². The lowest BCUT2D eigenvalue weighted by Crippen LogP contribution is -2.39. The molecule has 3 unspecified atom stereocenters. The summed E-state index contributed by atoms with van der Waals surface area (Å²) in [6, 6.07) is 6.31. The summed E-state index contributed by atoms with van der Waals surface area (Å²) in [6.07, 6.45) is -15.2. The Morgan fingerprint density at radius 2 is 1.10 bits per heavy atom. The summed E-state index contributed by atoms with van der Waals surface area (Å²) in [5, 5.41) is 18.5. The van der Waals surface area contributed by atoms with Crippen LogP contribution in [0.3, 0.4) is 0 Å². The number of hydrogen-bond acceptors (Lipinski definition) is 15. The van der Waals surface area contributed by atoms with Gasteiger partial charge in [0.05, 0.1) is 24.0 Å². The van der Waals surface area contributed by atoms with Gasteiger partial charge in [-0.15, -0.1) is 0 Å². The van der Waals surface area contributed by atoms with Gasteiger partial charge in [-0.25, -0.2) is 19.9 Å². The van der Waals surface area contributed by atoms with Crippen LogP contribution in [-0.2, 0) is 9.59 Å². The Kier molecular flexibility index (Phi) is 19.7. The highest BCUT2D eigenvalue weighted by molar-refractivity contribution is 9.10. The van der Waals surface area contributed by atoms with Crippen LogP contribution in [0.2, 0.25) is 15.1 Å². The number of aromatic amines is 1. The van der Waals surface area contributed by atoms with Crippen LogP contribution in [0, 0.1) is 11.8 Å². The molecule has 11 N–H and O–H groups in total. The Hall–Kier alpha value is -6.88. The van der Waals surface area contributed by atoms with Gasteiger partial charge in [-0.2, -0.15) is 39.5 Å². The summed E-state index contributed by atoms with van der Waals surface area (Å²) in [5.41, 5.74) is 6.35. The van der Waals surface area contributed by atoms with E-state index in [4.69, 9.17) is 51.4 Å². The Bertz CT molecular complexity index is 3340. The maximum absolute atomic E-state index is 13.2. The molecule has 5 aromatic rings. The number of primary amides is 1. The lowest BCUT2D eigenvalue weighted by Gasteiger charge is -2.18. The third-order valence-corrected chi connectivity index (χ3v) is 12.1. The number of carbonyl (C=O) groups excluding carboxylic acids is 5. The first-order chi connectivity index (χ1) is 36.1. The third kappa shape index (κ3) is 16.1. The Morgan fingerprint density at radius 1 is 0.679 bits per heavy atom.